The molecule has 0 radical (unpaired) electrons. The summed E-state index contributed by atoms with van der Waals surface area (Å²) in [6.45, 7) is 1.13. The summed E-state index contributed by atoms with van der Waals surface area (Å²) in [4.78, 5) is 4.42. The Balaban J connectivity index is 2.02. The highest BCUT2D eigenvalue weighted by atomic mass is 15.0. The molecule has 1 saturated heterocycles. The maximum atomic E-state index is 4.42. The van der Waals surface area contributed by atoms with Crippen molar-refractivity contribution in [2.75, 3.05) is 6.54 Å². The number of fused-ring (bicyclic) bond motifs is 1. The second-order valence-corrected chi connectivity index (χ2v) is 4.11. The zero-order valence-corrected chi connectivity index (χ0v) is 8.69. The molecule has 3 nitrogen and oxygen atoms in total. The van der Waals surface area contributed by atoms with E-state index in [1.807, 2.05) is 18.3 Å². The van der Waals surface area contributed by atoms with Gasteiger partial charge >= 0.3 is 0 Å². The van der Waals surface area contributed by atoms with E-state index in [2.05, 4.69) is 27.0 Å². The Hall–Kier alpha value is -1.35. The summed E-state index contributed by atoms with van der Waals surface area (Å²) in [5.74, 6) is 0. The summed E-state index contributed by atoms with van der Waals surface area (Å²) in [5, 5.41) is 3.55. The highest BCUT2D eigenvalue weighted by molar-refractivity contribution is 5.40. The molecule has 0 aromatic carbocycles. The monoisotopic (exact) mass is 201 g/mol. The van der Waals surface area contributed by atoms with Crippen molar-refractivity contribution in [3.63, 3.8) is 0 Å². The first-order valence-electron chi connectivity index (χ1n) is 5.60. The topological polar surface area (TPSA) is 29.3 Å². The molecule has 1 atom stereocenters. The van der Waals surface area contributed by atoms with Crippen molar-refractivity contribution >= 4 is 5.65 Å². The predicted molar refractivity (Wildman–Crippen MR) is 59.8 cm³/mol. The first kappa shape index (κ1) is 8.92. The molecule has 1 N–H and O–H groups in total. The first-order valence-corrected chi connectivity index (χ1v) is 5.60. The molecule has 78 valence electrons. The van der Waals surface area contributed by atoms with Crippen molar-refractivity contribution in [1.29, 1.82) is 0 Å². The van der Waals surface area contributed by atoms with Crippen molar-refractivity contribution in [2.45, 2.75) is 25.3 Å². The van der Waals surface area contributed by atoms with Gasteiger partial charge in [0.15, 0.2) is 0 Å². The van der Waals surface area contributed by atoms with Crippen LogP contribution >= 0.6 is 0 Å². The summed E-state index contributed by atoms with van der Waals surface area (Å²) in [6.07, 6.45) is 7.93. The van der Waals surface area contributed by atoms with E-state index in [4.69, 9.17) is 0 Å². The van der Waals surface area contributed by atoms with Crippen molar-refractivity contribution in [2.24, 2.45) is 0 Å². The van der Waals surface area contributed by atoms with Gasteiger partial charge in [-0.2, -0.15) is 0 Å². The van der Waals surface area contributed by atoms with Crippen LogP contribution in [-0.2, 0) is 0 Å². The molecular weight excluding hydrogens is 186 g/mol. The van der Waals surface area contributed by atoms with Gasteiger partial charge in [0.05, 0.1) is 11.9 Å². The minimum atomic E-state index is 0.483. The van der Waals surface area contributed by atoms with Gasteiger partial charge in [0.25, 0.3) is 0 Å². The molecule has 1 aliphatic rings. The van der Waals surface area contributed by atoms with Gasteiger partial charge in [-0.25, -0.2) is 4.98 Å². The Morgan fingerprint density at radius 3 is 3.20 bits per heavy atom. The lowest BCUT2D eigenvalue weighted by molar-refractivity contribution is 0.403. The van der Waals surface area contributed by atoms with Gasteiger partial charge in [-0.05, 0) is 31.5 Å². The fourth-order valence-electron chi connectivity index (χ4n) is 2.31. The first-order chi connectivity index (χ1) is 7.45. The van der Waals surface area contributed by atoms with Crippen LogP contribution in [0, 0.1) is 0 Å². The Bertz CT molecular complexity index is 455. The van der Waals surface area contributed by atoms with Crippen molar-refractivity contribution in [3.8, 4) is 0 Å². The summed E-state index contributed by atoms with van der Waals surface area (Å²) < 4.78 is 2.18. The smallest absolute Gasteiger partial charge is 0.136 e. The van der Waals surface area contributed by atoms with E-state index < -0.39 is 0 Å². The van der Waals surface area contributed by atoms with E-state index in [0.29, 0.717) is 6.04 Å². The third-order valence-corrected chi connectivity index (χ3v) is 3.11. The van der Waals surface area contributed by atoms with Gasteiger partial charge in [0, 0.05) is 12.2 Å². The number of aromatic nitrogens is 2. The number of nitrogens with zero attached hydrogens (tertiary/aromatic N) is 2. The van der Waals surface area contributed by atoms with Crippen LogP contribution in [-0.4, -0.2) is 15.9 Å². The molecule has 0 bridgehead atoms. The van der Waals surface area contributed by atoms with Crippen LogP contribution in [0.2, 0.25) is 0 Å². The zero-order valence-electron chi connectivity index (χ0n) is 8.69. The fourth-order valence-corrected chi connectivity index (χ4v) is 2.31. The Morgan fingerprint density at radius 2 is 2.33 bits per heavy atom. The number of hydrogen-bond acceptors (Lipinski definition) is 2. The summed E-state index contributed by atoms with van der Waals surface area (Å²) >= 11 is 0. The zero-order chi connectivity index (χ0) is 10.1. The highest BCUT2D eigenvalue weighted by Gasteiger charge is 2.17. The number of imidazole rings is 1. The van der Waals surface area contributed by atoms with Gasteiger partial charge in [-0.15, -0.1) is 0 Å². The third-order valence-electron chi connectivity index (χ3n) is 3.11. The van der Waals surface area contributed by atoms with E-state index in [1.165, 1.54) is 25.0 Å². The maximum absolute atomic E-state index is 4.42. The fraction of sp³-hybridized carbons (Fsp3) is 0.417. The highest BCUT2D eigenvalue weighted by Crippen LogP contribution is 2.23. The van der Waals surface area contributed by atoms with Crippen LogP contribution in [0.1, 0.15) is 31.0 Å². The molecule has 3 heteroatoms. The average Bonchev–Trinajstić information content (AvgIpc) is 2.74. The van der Waals surface area contributed by atoms with Gasteiger partial charge in [-0.3, -0.25) is 0 Å². The van der Waals surface area contributed by atoms with E-state index in [1.54, 1.807) is 0 Å². The number of hydrogen-bond donors (Lipinski definition) is 1. The van der Waals surface area contributed by atoms with E-state index in [-0.39, 0.29) is 0 Å². The molecule has 3 rings (SSSR count). The van der Waals surface area contributed by atoms with Crippen LogP contribution in [0.5, 0.6) is 0 Å². The largest absolute Gasteiger partial charge is 0.309 e. The maximum Gasteiger partial charge on any atom is 0.136 e. The van der Waals surface area contributed by atoms with Crippen LogP contribution in [0.3, 0.4) is 0 Å². The number of piperidine rings is 1. The van der Waals surface area contributed by atoms with Crippen LogP contribution in [0.15, 0.2) is 30.6 Å². The third kappa shape index (κ3) is 1.53. The van der Waals surface area contributed by atoms with Crippen LogP contribution < -0.4 is 5.32 Å². The van der Waals surface area contributed by atoms with E-state index >= 15 is 0 Å². The lowest BCUT2D eigenvalue weighted by Gasteiger charge is -2.22. The molecule has 0 aliphatic carbocycles. The minimum absolute atomic E-state index is 0.483. The SMILES string of the molecule is c1ccn2c(C3CCCCN3)cnc2c1. The second-order valence-electron chi connectivity index (χ2n) is 4.11. The Labute approximate surface area is 89.1 Å². The molecule has 3 heterocycles. The quantitative estimate of drug-likeness (QED) is 0.766. The summed E-state index contributed by atoms with van der Waals surface area (Å²) in [7, 11) is 0. The molecule has 0 saturated carbocycles. The molecule has 2 aromatic heterocycles. The van der Waals surface area contributed by atoms with Gasteiger partial charge in [-0.1, -0.05) is 12.5 Å². The number of rotatable bonds is 1. The van der Waals surface area contributed by atoms with Crippen molar-refractivity contribution in [3.05, 3.63) is 36.3 Å². The molecule has 1 unspecified atom stereocenters. The molecule has 15 heavy (non-hydrogen) atoms. The summed E-state index contributed by atoms with van der Waals surface area (Å²) in [6, 6.07) is 6.62. The molecular formula is C12H15N3. The second kappa shape index (κ2) is 3.66. The van der Waals surface area contributed by atoms with Gasteiger partial charge in [0.1, 0.15) is 5.65 Å². The summed E-state index contributed by atoms with van der Waals surface area (Å²) in [5.41, 5.74) is 2.34. The van der Waals surface area contributed by atoms with E-state index in [0.717, 1.165) is 12.2 Å². The van der Waals surface area contributed by atoms with Crippen LogP contribution in [0.4, 0.5) is 0 Å². The molecule has 1 aliphatic heterocycles. The average molecular weight is 201 g/mol. The Morgan fingerprint density at radius 1 is 1.33 bits per heavy atom. The number of pyridine rings is 1. The molecule has 2 aromatic rings. The number of nitrogens with one attached hydrogen (secondary N) is 1. The lowest BCUT2D eigenvalue weighted by atomic mass is 10.0. The minimum Gasteiger partial charge on any atom is -0.309 e. The predicted octanol–water partition coefficient (Wildman–Crippen LogP) is 2.15. The lowest BCUT2D eigenvalue weighted by Crippen LogP contribution is -2.27. The molecule has 0 amide bonds. The van der Waals surface area contributed by atoms with Crippen molar-refractivity contribution < 1.29 is 0 Å². The van der Waals surface area contributed by atoms with Gasteiger partial charge in [0.2, 0.25) is 0 Å². The standard InChI is InChI=1S/C12H15N3/c1-3-7-13-10(5-1)11-9-14-12-6-2-4-8-15(11)12/h2,4,6,8-10,13H,1,3,5,7H2. The van der Waals surface area contributed by atoms with Crippen LogP contribution in [0.25, 0.3) is 5.65 Å². The molecule has 0 spiro atoms. The van der Waals surface area contributed by atoms with Crippen molar-refractivity contribution in [1.82, 2.24) is 14.7 Å². The normalized spacial score (nSPS) is 22.0. The van der Waals surface area contributed by atoms with Gasteiger partial charge < -0.3 is 9.72 Å². The Kier molecular flexibility index (Phi) is 2.18. The van der Waals surface area contributed by atoms with E-state index in [9.17, 15) is 0 Å². The molecule has 1 fully saturated rings.